The molecule has 5 heteroatoms. The third-order valence-corrected chi connectivity index (χ3v) is 3.47. The number of nitriles is 1. The van der Waals surface area contributed by atoms with Gasteiger partial charge < -0.3 is 10.3 Å². The molecular formula is C17H12FN3O. The summed E-state index contributed by atoms with van der Waals surface area (Å²) in [5.74, 6) is -0.700. The fourth-order valence-electron chi connectivity index (χ4n) is 2.47. The van der Waals surface area contributed by atoms with Gasteiger partial charge in [-0.25, -0.2) is 4.39 Å². The first-order valence-corrected chi connectivity index (χ1v) is 6.68. The highest BCUT2D eigenvalue weighted by Crippen LogP contribution is 2.24. The zero-order valence-corrected chi connectivity index (χ0v) is 11.8. The third-order valence-electron chi connectivity index (χ3n) is 3.47. The van der Waals surface area contributed by atoms with Crippen LogP contribution in [0.2, 0.25) is 0 Å². The van der Waals surface area contributed by atoms with Crippen molar-refractivity contribution in [1.82, 2.24) is 4.98 Å². The van der Waals surface area contributed by atoms with Crippen LogP contribution in [-0.4, -0.2) is 10.9 Å². The van der Waals surface area contributed by atoms with Gasteiger partial charge in [-0.1, -0.05) is 12.1 Å². The number of rotatable bonds is 2. The molecule has 108 valence electrons. The van der Waals surface area contributed by atoms with Crippen molar-refractivity contribution in [2.45, 2.75) is 6.92 Å². The normalized spacial score (nSPS) is 10.4. The summed E-state index contributed by atoms with van der Waals surface area (Å²) in [5.41, 5.74) is 2.50. The molecule has 22 heavy (non-hydrogen) atoms. The standard InChI is InChI=1S/C17H12FN3O/c1-10-16(13-7-6-12(18)8-15(13)20-10)17(22)21-14-5-3-2-4-11(14)9-19/h2-8,20H,1H3,(H,21,22). The second-order valence-corrected chi connectivity index (χ2v) is 4.93. The smallest absolute Gasteiger partial charge is 0.258 e. The summed E-state index contributed by atoms with van der Waals surface area (Å²) >= 11 is 0. The quantitative estimate of drug-likeness (QED) is 0.755. The number of anilines is 1. The van der Waals surface area contributed by atoms with Gasteiger partial charge in [0.1, 0.15) is 11.9 Å². The van der Waals surface area contributed by atoms with Crippen LogP contribution in [0.25, 0.3) is 10.9 Å². The molecule has 2 N–H and O–H groups in total. The van der Waals surface area contributed by atoms with Crippen molar-refractivity contribution in [2.24, 2.45) is 0 Å². The number of nitrogens with one attached hydrogen (secondary N) is 2. The van der Waals surface area contributed by atoms with E-state index >= 15 is 0 Å². The molecule has 0 aliphatic rings. The molecule has 0 bridgehead atoms. The van der Waals surface area contributed by atoms with Gasteiger partial charge in [0.2, 0.25) is 0 Å². The van der Waals surface area contributed by atoms with E-state index < -0.39 is 0 Å². The number of H-pyrrole nitrogens is 1. The monoisotopic (exact) mass is 293 g/mol. The van der Waals surface area contributed by atoms with E-state index in [1.807, 2.05) is 6.07 Å². The molecule has 0 aliphatic carbocycles. The first-order valence-electron chi connectivity index (χ1n) is 6.68. The van der Waals surface area contributed by atoms with Crippen LogP contribution in [0.1, 0.15) is 21.6 Å². The maximum Gasteiger partial charge on any atom is 0.258 e. The van der Waals surface area contributed by atoms with Gasteiger partial charge in [-0.05, 0) is 37.3 Å². The van der Waals surface area contributed by atoms with Gasteiger partial charge in [0, 0.05) is 16.6 Å². The molecule has 0 aliphatic heterocycles. The molecule has 0 saturated carbocycles. The predicted octanol–water partition coefficient (Wildman–Crippen LogP) is 3.74. The summed E-state index contributed by atoms with van der Waals surface area (Å²) in [7, 11) is 0. The summed E-state index contributed by atoms with van der Waals surface area (Å²) < 4.78 is 13.3. The average Bonchev–Trinajstić information content (AvgIpc) is 2.82. The lowest BCUT2D eigenvalue weighted by Gasteiger charge is -2.07. The SMILES string of the molecule is Cc1[nH]c2cc(F)ccc2c1C(=O)Nc1ccccc1C#N. The zero-order chi connectivity index (χ0) is 15.7. The highest BCUT2D eigenvalue weighted by molar-refractivity contribution is 6.14. The molecule has 0 unspecified atom stereocenters. The summed E-state index contributed by atoms with van der Waals surface area (Å²) in [6.45, 7) is 1.75. The Balaban J connectivity index is 2.03. The maximum atomic E-state index is 13.3. The Hall–Kier alpha value is -3.13. The van der Waals surface area contributed by atoms with Crippen LogP contribution in [0.5, 0.6) is 0 Å². The Morgan fingerprint density at radius 2 is 2.05 bits per heavy atom. The molecule has 2 aromatic carbocycles. The predicted molar refractivity (Wildman–Crippen MR) is 82.1 cm³/mol. The Labute approximate surface area is 126 Å². The van der Waals surface area contributed by atoms with Crippen molar-refractivity contribution in [2.75, 3.05) is 5.32 Å². The topological polar surface area (TPSA) is 68.7 Å². The molecule has 4 nitrogen and oxygen atoms in total. The van der Waals surface area contributed by atoms with Crippen LogP contribution >= 0.6 is 0 Å². The van der Waals surface area contributed by atoms with E-state index in [9.17, 15) is 9.18 Å². The van der Waals surface area contributed by atoms with Crippen LogP contribution in [-0.2, 0) is 0 Å². The molecule has 0 radical (unpaired) electrons. The number of amides is 1. The molecule has 0 atom stereocenters. The summed E-state index contributed by atoms with van der Waals surface area (Å²) in [6.07, 6.45) is 0. The highest BCUT2D eigenvalue weighted by Gasteiger charge is 2.17. The first kappa shape index (κ1) is 13.8. The molecule has 3 aromatic rings. The Morgan fingerprint density at radius 3 is 2.82 bits per heavy atom. The van der Waals surface area contributed by atoms with E-state index in [2.05, 4.69) is 10.3 Å². The lowest BCUT2D eigenvalue weighted by atomic mass is 10.1. The molecule has 0 fully saturated rings. The number of hydrogen-bond donors (Lipinski definition) is 2. The number of aromatic amines is 1. The van der Waals surface area contributed by atoms with Gasteiger partial charge >= 0.3 is 0 Å². The van der Waals surface area contributed by atoms with Crippen molar-refractivity contribution in [1.29, 1.82) is 5.26 Å². The van der Waals surface area contributed by atoms with Crippen molar-refractivity contribution in [3.05, 3.63) is 65.1 Å². The lowest BCUT2D eigenvalue weighted by molar-refractivity contribution is 0.102. The number of nitrogens with zero attached hydrogens (tertiary/aromatic N) is 1. The molecule has 0 saturated heterocycles. The number of halogens is 1. The van der Waals surface area contributed by atoms with Gasteiger partial charge in [-0.15, -0.1) is 0 Å². The van der Waals surface area contributed by atoms with Crippen molar-refractivity contribution >= 4 is 22.5 Å². The number of benzene rings is 2. The van der Waals surface area contributed by atoms with Crippen molar-refractivity contribution in [3.8, 4) is 6.07 Å². The largest absolute Gasteiger partial charge is 0.358 e. The number of aromatic nitrogens is 1. The molecule has 1 heterocycles. The van der Waals surface area contributed by atoms with Crippen LogP contribution in [0.4, 0.5) is 10.1 Å². The average molecular weight is 293 g/mol. The van der Waals surface area contributed by atoms with E-state index in [4.69, 9.17) is 5.26 Å². The minimum absolute atomic E-state index is 0.335. The molecule has 1 aromatic heterocycles. The zero-order valence-electron chi connectivity index (χ0n) is 11.8. The number of carbonyl (C=O) groups excluding carboxylic acids is 1. The Morgan fingerprint density at radius 1 is 1.27 bits per heavy atom. The van der Waals surface area contributed by atoms with E-state index in [1.54, 1.807) is 37.3 Å². The maximum absolute atomic E-state index is 13.3. The molecule has 3 rings (SSSR count). The number of para-hydroxylation sites is 1. The van der Waals surface area contributed by atoms with Gasteiger partial charge in [0.25, 0.3) is 5.91 Å². The second kappa shape index (κ2) is 5.34. The van der Waals surface area contributed by atoms with Crippen LogP contribution < -0.4 is 5.32 Å². The minimum atomic E-state index is -0.365. The molecular weight excluding hydrogens is 281 g/mol. The third kappa shape index (κ3) is 2.31. The fourth-order valence-corrected chi connectivity index (χ4v) is 2.47. The van der Waals surface area contributed by atoms with Crippen LogP contribution in [0, 0.1) is 24.1 Å². The van der Waals surface area contributed by atoms with Gasteiger partial charge in [-0.2, -0.15) is 5.26 Å². The van der Waals surface area contributed by atoms with E-state index in [0.29, 0.717) is 33.4 Å². The van der Waals surface area contributed by atoms with E-state index in [0.717, 1.165) is 0 Å². The first-order chi connectivity index (χ1) is 10.6. The number of hydrogen-bond acceptors (Lipinski definition) is 2. The summed E-state index contributed by atoms with van der Waals surface area (Å²) in [6, 6.07) is 13.0. The van der Waals surface area contributed by atoms with E-state index in [1.165, 1.54) is 12.1 Å². The van der Waals surface area contributed by atoms with Gasteiger partial charge in [-0.3, -0.25) is 4.79 Å². The van der Waals surface area contributed by atoms with Crippen LogP contribution in [0.15, 0.2) is 42.5 Å². The highest BCUT2D eigenvalue weighted by atomic mass is 19.1. The minimum Gasteiger partial charge on any atom is -0.358 e. The molecule has 0 spiro atoms. The van der Waals surface area contributed by atoms with E-state index in [-0.39, 0.29) is 11.7 Å². The van der Waals surface area contributed by atoms with Crippen molar-refractivity contribution in [3.63, 3.8) is 0 Å². The van der Waals surface area contributed by atoms with Crippen molar-refractivity contribution < 1.29 is 9.18 Å². The second-order valence-electron chi connectivity index (χ2n) is 4.93. The number of carbonyl (C=O) groups is 1. The van der Waals surface area contributed by atoms with Gasteiger partial charge in [0.05, 0.1) is 16.8 Å². The van der Waals surface area contributed by atoms with Gasteiger partial charge in [0.15, 0.2) is 0 Å². The number of fused-ring (bicyclic) bond motifs is 1. The summed E-state index contributed by atoms with van der Waals surface area (Å²) in [5, 5.41) is 12.5. The lowest BCUT2D eigenvalue weighted by Crippen LogP contribution is -2.13. The number of aryl methyl sites for hydroxylation is 1. The fraction of sp³-hybridized carbons (Fsp3) is 0.0588. The molecule has 1 amide bonds. The summed E-state index contributed by atoms with van der Waals surface area (Å²) in [4.78, 5) is 15.5. The van der Waals surface area contributed by atoms with Crippen LogP contribution in [0.3, 0.4) is 0 Å². The Kier molecular flexibility index (Phi) is 3.36. The Bertz CT molecular complexity index is 921.